The molecule has 1 aliphatic rings. The molecule has 0 aliphatic heterocycles. The SMILES string of the molecule is C[C@](CO)(NC(=O)NCc1ccccn1)C1CCCCC1. The van der Waals surface area contributed by atoms with Crippen LogP contribution < -0.4 is 10.6 Å². The van der Waals surface area contributed by atoms with E-state index in [1.54, 1.807) is 6.20 Å². The number of hydrogen-bond acceptors (Lipinski definition) is 3. The fraction of sp³-hybridized carbons (Fsp3) is 0.625. The van der Waals surface area contributed by atoms with Crippen molar-refractivity contribution in [3.05, 3.63) is 30.1 Å². The highest BCUT2D eigenvalue weighted by Gasteiger charge is 2.35. The fourth-order valence-corrected chi connectivity index (χ4v) is 2.99. The van der Waals surface area contributed by atoms with Gasteiger partial charge in [-0.1, -0.05) is 25.3 Å². The van der Waals surface area contributed by atoms with Crippen LogP contribution in [-0.2, 0) is 6.54 Å². The van der Waals surface area contributed by atoms with Crippen molar-refractivity contribution in [2.45, 2.75) is 51.1 Å². The smallest absolute Gasteiger partial charge is 0.315 e. The molecule has 116 valence electrons. The van der Waals surface area contributed by atoms with Gasteiger partial charge in [0.05, 0.1) is 24.4 Å². The van der Waals surface area contributed by atoms with Crippen LogP contribution in [0.3, 0.4) is 0 Å². The summed E-state index contributed by atoms with van der Waals surface area (Å²) >= 11 is 0. The number of carbonyl (C=O) groups excluding carboxylic acids is 1. The molecule has 0 aromatic carbocycles. The van der Waals surface area contributed by atoms with E-state index >= 15 is 0 Å². The van der Waals surface area contributed by atoms with Gasteiger partial charge in [-0.25, -0.2) is 4.79 Å². The molecule has 0 unspecified atom stereocenters. The van der Waals surface area contributed by atoms with Gasteiger partial charge in [0.1, 0.15) is 0 Å². The molecule has 2 amide bonds. The van der Waals surface area contributed by atoms with Crippen molar-refractivity contribution in [2.75, 3.05) is 6.61 Å². The highest BCUT2D eigenvalue weighted by atomic mass is 16.3. The van der Waals surface area contributed by atoms with E-state index < -0.39 is 5.54 Å². The van der Waals surface area contributed by atoms with E-state index in [1.807, 2.05) is 25.1 Å². The number of hydrogen-bond donors (Lipinski definition) is 3. The Morgan fingerprint density at radius 3 is 2.76 bits per heavy atom. The Bertz CT molecular complexity index is 446. The molecule has 0 bridgehead atoms. The van der Waals surface area contributed by atoms with Gasteiger partial charge in [-0.05, 0) is 37.8 Å². The number of nitrogens with one attached hydrogen (secondary N) is 2. The van der Waals surface area contributed by atoms with Crippen molar-refractivity contribution in [2.24, 2.45) is 5.92 Å². The quantitative estimate of drug-likeness (QED) is 0.778. The second-order valence-electron chi connectivity index (χ2n) is 6.04. The maximum absolute atomic E-state index is 12.1. The summed E-state index contributed by atoms with van der Waals surface area (Å²) in [4.78, 5) is 16.2. The van der Waals surface area contributed by atoms with E-state index in [-0.39, 0.29) is 12.6 Å². The van der Waals surface area contributed by atoms with E-state index in [0.717, 1.165) is 18.5 Å². The Morgan fingerprint density at radius 1 is 1.38 bits per heavy atom. The summed E-state index contributed by atoms with van der Waals surface area (Å²) in [7, 11) is 0. The minimum atomic E-state index is -0.547. The fourth-order valence-electron chi connectivity index (χ4n) is 2.99. The number of nitrogens with zero attached hydrogens (tertiary/aromatic N) is 1. The molecule has 1 aliphatic carbocycles. The first-order valence-corrected chi connectivity index (χ1v) is 7.71. The number of aliphatic hydroxyl groups is 1. The Balaban J connectivity index is 1.86. The van der Waals surface area contributed by atoms with Crippen LogP contribution in [0.2, 0.25) is 0 Å². The lowest BCUT2D eigenvalue weighted by Crippen LogP contribution is -2.57. The highest BCUT2D eigenvalue weighted by Crippen LogP contribution is 2.32. The lowest BCUT2D eigenvalue weighted by atomic mass is 9.76. The summed E-state index contributed by atoms with van der Waals surface area (Å²) in [6, 6.07) is 5.35. The number of carbonyl (C=O) groups is 1. The summed E-state index contributed by atoms with van der Waals surface area (Å²) in [5.41, 5.74) is 0.269. The number of urea groups is 1. The van der Waals surface area contributed by atoms with Gasteiger partial charge >= 0.3 is 6.03 Å². The van der Waals surface area contributed by atoms with Gasteiger partial charge in [0, 0.05) is 6.20 Å². The van der Waals surface area contributed by atoms with Crippen LogP contribution in [0.1, 0.15) is 44.7 Å². The molecule has 1 saturated carbocycles. The van der Waals surface area contributed by atoms with Crippen LogP contribution in [0.15, 0.2) is 24.4 Å². The molecule has 1 heterocycles. The van der Waals surface area contributed by atoms with Crippen LogP contribution >= 0.6 is 0 Å². The van der Waals surface area contributed by atoms with Crippen molar-refractivity contribution in [1.29, 1.82) is 0 Å². The zero-order valence-corrected chi connectivity index (χ0v) is 12.6. The number of rotatable bonds is 5. The Kier molecular flexibility index (Phi) is 5.56. The van der Waals surface area contributed by atoms with Crippen molar-refractivity contribution in [3.63, 3.8) is 0 Å². The van der Waals surface area contributed by atoms with Crippen LogP contribution in [-0.4, -0.2) is 28.3 Å². The first-order chi connectivity index (χ1) is 10.1. The minimum Gasteiger partial charge on any atom is -0.394 e. The largest absolute Gasteiger partial charge is 0.394 e. The lowest BCUT2D eigenvalue weighted by molar-refractivity contribution is 0.101. The number of pyridine rings is 1. The van der Waals surface area contributed by atoms with Crippen molar-refractivity contribution in [1.82, 2.24) is 15.6 Å². The maximum atomic E-state index is 12.1. The van der Waals surface area contributed by atoms with Crippen LogP contribution in [0.4, 0.5) is 4.79 Å². The molecule has 5 heteroatoms. The number of aromatic nitrogens is 1. The van der Waals surface area contributed by atoms with Gasteiger partial charge < -0.3 is 15.7 Å². The Labute approximate surface area is 126 Å². The predicted molar refractivity (Wildman–Crippen MR) is 81.7 cm³/mol. The van der Waals surface area contributed by atoms with Crippen molar-refractivity contribution < 1.29 is 9.90 Å². The molecule has 0 radical (unpaired) electrons. The van der Waals surface area contributed by atoms with Gasteiger partial charge in [-0.3, -0.25) is 4.98 Å². The normalized spacial score (nSPS) is 18.8. The van der Waals surface area contributed by atoms with E-state index in [2.05, 4.69) is 15.6 Å². The molecule has 1 aromatic heterocycles. The molecule has 0 spiro atoms. The topological polar surface area (TPSA) is 74.2 Å². The average Bonchev–Trinajstić information content (AvgIpc) is 2.54. The van der Waals surface area contributed by atoms with Crippen LogP contribution in [0.25, 0.3) is 0 Å². The second-order valence-corrected chi connectivity index (χ2v) is 6.04. The molecule has 1 atom stereocenters. The van der Waals surface area contributed by atoms with Gasteiger partial charge in [0.25, 0.3) is 0 Å². The summed E-state index contributed by atoms with van der Waals surface area (Å²) in [5.74, 6) is 0.344. The van der Waals surface area contributed by atoms with Gasteiger partial charge in [0.15, 0.2) is 0 Å². The molecular formula is C16H25N3O2. The molecule has 1 aromatic rings. The maximum Gasteiger partial charge on any atom is 0.315 e. The van der Waals surface area contributed by atoms with E-state index in [9.17, 15) is 9.90 Å². The van der Waals surface area contributed by atoms with Gasteiger partial charge in [-0.15, -0.1) is 0 Å². The Morgan fingerprint density at radius 2 is 2.14 bits per heavy atom. The van der Waals surface area contributed by atoms with Crippen molar-refractivity contribution >= 4 is 6.03 Å². The lowest BCUT2D eigenvalue weighted by Gasteiger charge is -2.39. The molecule has 21 heavy (non-hydrogen) atoms. The standard InChI is InChI=1S/C16H25N3O2/c1-16(12-20,13-7-3-2-4-8-13)19-15(21)18-11-14-9-5-6-10-17-14/h5-6,9-10,13,20H,2-4,7-8,11-12H2,1H3,(H2,18,19,21)/t16-/m1/s1. The van der Waals surface area contributed by atoms with Gasteiger partial charge in [0.2, 0.25) is 0 Å². The predicted octanol–water partition coefficient (Wildman–Crippen LogP) is 2.21. The van der Waals surface area contributed by atoms with Crippen LogP contribution in [0.5, 0.6) is 0 Å². The number of amides is 2. The molecule has 1 fully saturated rings. The van der Waals surface area contributed by atoms with E-state index in [1.165, 1.54) is 19.3 Å². The van der Waals surface area contributed by atoms with E-state index in [0.29, 0.717) is 12.5 Å². The summed E-state index contributed by atoms with van der Waals surface area (Å²) in [6.45, 7) is 2.29. The average molecular weight is 291 g/mol. The monoisotopic (exact) mass is 291 g/mol. The molecule has 3 N–H and O–H groups in total. The third-order valence-corrected chi connectivity index (χ3v) is 4.39. The summed E-state index contributed by atoms with van der Waals surface area (Å²) < 4.78 is 0. The van der Waals surface area contributed by atoms with E-state index in [4.69, 9.17) is 0 Å². The van der Waals surface area contributed by atoms with Crippen molar-refractivity contribution in [3.8, 4) is 0 Å². The number of aliphatic hydroxyl groups excluding tert-OH is 1. The first kappa shape index (κ1) is 15.8. The molecule has 5 nitrogen and oxygen atoms in total. The third kappa shape index (κ3) is 4.43. The van der Waals surface area contributed by atoms with Gasteiger partial charge in [-0.2, -0.15) is 0 Å². The zero-order valence-electron chi connectivity index (χ0n) is 12.6. The summed E-state index contributed by atoms with van der Waals surface area (Å²) in [6.07, 6.45) is 7.45. The second kappa shape index (κ2) is 7.41. The first-order valence-electron chi connectivity index (χ1n) is 7.71. The molecular weight excluding hydrogens is 266 g/mol. The third-order valence-electron chi connectivity index (χ3n) is 4.39. The Hall–Kier alpha value is -1.62. The molecule has 2 rings (SSSR count). The molecule has 0 saturated heterocycles. The highest BCUT2D eigenvalue weighted by molar-refractivity contribution is 5.74. The zero-order chi connectivity index (χ0) is 15.1. The summed E-state index contributed by atoms with van der Waals surface area (Å²) in [5, 5.41) is 15.5. The minimum absolute atomic E-state index is 0.0331. The van der Waals surface area contributed by atoms with Crippen LogP contribution in [0, 0.1) is 5.92 Å².